The standard InChI is InChI=1S/C14H25N3O4/c1-3-4-7-15-14(20)16-12(18)10-17-8-5-6-11(9-17)13(19)21-2/h11H,3-10H2,1-2H3,(H2,15,16,18,20)/t11-/m0/s1. The van der Waals surface area contributed by atoms with Gasteiger partial charge in [-0.05, 0) is 25.8 Å². The Morgan fingerprint density at radius 3 is 2.76 bits per heavy atom. The summed E-state index contributed by atoms with van der Waals surface area (Å²) in [6, 6.07) is -0.463. The SMILES string of the molecule is CCCCNC(=O)NC(=O)CN1CCC[C@H](C(=O)OC)C1. The van der Waals surface area contributed by atoms with Crippen LogP contribution in [0.25, 0.3) is 0 Å². The molecule has 0 radical (unpaired) electrons. The van der Waals surface area contributed by atoms with Crippen LogP contribution in [0.5, 0.6) is 0 Å². The number of unbranched alkanes of at least 4 members (excludes halogenated alkanes) is 1. The second-order valence-corrected chi connectivity index (χ2v) is 5.26. The Morgan fingerprint density at radius 1 is 1.33 bits per heavy atom. The fourth-order valence-corrected chi connectivity index (χ4v) is 2.35. The summed E-state index contributed by atoms with van der Waals surface area (Å²) in [4.78, 5) is 36.6. The first kappa shape index (κ1) is 17.4. The summed E-state index contributed by atoms with van der Waals surface area (Å²) in [5, 5.41) is 4.92. The molecule has 0 aromatic heterocycles. The van der Waals surface area contributed by atoms with Gasteiger partial charge in [0.2, 0.25) is 5.91 Å². The zero-order valence-corrected chi connectivity index (χ0v) is 12.8. The van der Waals surface area contributed by atoms with E-state index in [1.54, 1.807) is 0 Å². The minimum atomic E-state index is -0.463. The highest BCUT2D eigenvalue weighted by molar-refractivity contribution is 5.95. The number of esters is 1. The summed E-state index contributed by atoms with van der Waals surface area (Å²) >= 11 is 0. The van der Waals surface area contributed by atoms with Crippen LogP contribution in [0, 0.1) is 5.92 Å². The smallest absolute Gasteiger partial charge is 0.321 e. The van der Waals surface area contributed by atoms with Crippen LogP contribution in [0.3, 0.4) is 0 Å². The van der Waals surface area contributed by atoms with E-state index in [0.717, 1.165) is 32.2 Å². The zero-order valence-electron chi connectivity index (χ0n) is 12.8. The Kier molecular flexibility index (Phi) is 7.74. The molecule has 0 aliphatic carbocycles. The summed E-state index contributed by atoms with van der Waals surface area (Å²) in [5.74, 6) is -0.776. The van der Waals surface area contributed by atoms with Gasteiger partial charge in [0.05, 0.1) is 19.6 Å². The molecule has 0 aromatic rings. The van der Waals surface area contributed by atoms with Crippen LogP contribution in [0.2, 0.25) is 0 Å². The normalized spacial score (nSPS) is 18.9. The summed E-state index contributed by atoms with van der Waals surface area (Å²) in [5.41, 5.74) is 0. The maximum absolute atomic E-state index is 11.8. The van der Waals surface area contributed by atoms with Crippen LogP contribution in [0.15, 0.2) is 0 Å². The van der Waals surface area contributed by atoms with Crippen molar-refractivity contribution in [3.05, 3.63) is 0 Å². The van der Waals surface area contributed by atoms with E-state index < -0.39 is 6.03 Å². The van der Waals surface area contributed by atoms with Crippen molar-refractivity contribution in [1.29, 1.82) is 0 Å². The molecule has 1 aliphatic rings. The van der Waals surface area contributed by atoms with Crippen molar-refractivity contribution in [2.75, 3.05) is 33.3 Å². The van der Waals surface area contributed by atoms with Gasteiger partial charge in [-0.15, -0.1) is 0 Å². The highest BCUT2D eigenvalue weighted by atomic mass is 16.5. The van der Waals surface area contributed by atoms with Gasteiger partial charge >= 0.3 is 12.0 Å². The molecule has 21 heavy (non-hydrogen) atoms. The zero-order chi connectivity index (χ0) is 15.7. The van der Waals surface area contributed by atoms with Crippen LogP contribution in [0.1, 0.15) is 32.6 Å². The predicted molar refractivity (Wildman–Crippen MR) is 77.6 cm³/mol. The number of hydrogen-bond donors (Lipinski definition) is 2. The van der Waals surface area contributed by atoms with E-state index in [1.165, 1.54) is 7.11 Å². The largest absolute Gasteiger partial charge is 0.469 e. The first-order chi connectivity index (χ1) is 10.1. The van der Waals surface area contributed by atoms with Crippen LogP contribution in [0.4, 0.5) is 4.79 Å². The van der Waals surface area contributed by atoms with Crippen molar-refractivity contribution in [3.8, 4) is 0 Å². The third-order valence-electron chi connectivity index (χ3n) is 3.48. The topological polar surface area (TPSA) is 87.7 Å². The van der Waals surface area contributed by atoms with E-state index in [2.05, 4.69) is 10.6 Å². The first-order valence-corrected chi connectivity index (χ1v) is 7.44. The molecule has 3 amide bonds. The molecule has 0 bridgehead atoms. The third kappa shape index (κ3) is 6.57. The van der Waals surface area contributed by atoms with E-state index in [9.17, 15) is 14.4 Å². The Balaban J connectivity index is 2.30. The van der Waals surface area contributed by atoms with Gasteiger partial charge < -0.3 is 10.1 Å². The van der Waals surface area contributed by atoms with Crippen LogP contribution >= 0.6 is 0 Å². The first-order valence-electron chi connectivity index (χ1n) is 7.44. The number of piperidine rings is 1. The highest BCUT2D eigenvalue weighted by Gasteiger charge is 2.27. The lowest BCUT2D eigenvalue weighted by molar-refractivity contribution is -0.147. The third-order valence-corrected chi connectivity index (χ3v) is 3.48. The lowest BCUT2D eigenvalue weighted by Crippen LogP contribution is -2.47. The second kappa shape index (κ2) is 9.33. The minimum Gasteiger partial charge on any atom is -0.469 e. The van der Waals surface area contributed by atoms with Crippen LogP contribution in [-0.2, 0) is 14.3 Å². The molecular weight excluding hydrogens is 274 g/mol. The summed E-state index contributed by atoms with van der Waals surface area (Å²) in [6.07, 6.45) is 3.49. The van der Waals surface area contributed by atoms with Crippen molar-refractivity contribution in [2.24, 2.45) is 5.92 Å². The number of carbonyl (C=O) groups excluding carboxylic acids is 3. The number of hydrogen-bond acceptors (Lipinski definition) is 5. The molecule has 7 heteroatoms. The number of ether oxygens (including phenoxy) is 1. The van der Waals surface area contributed by atoms with Crippen molar-refractivity contribution in [1.82, 2.24) is 15.5 Å². The summed E-state index contributed by atoms with van der Waals surface area (Å²) in [6.45, 7) is 3.95. The molecule has 120 valence electrons. The van der Waals surface area contributed by atoms with E-state index >= 15 is 0 Å². The average Bonchev–Trinajstić information content (AvgIpc) is 2.46. The minimum absolute atomic E-state index is 0.120. The van der Waals surface area contributed by atoms with Crippen LogP contribution in [-0.4, -0.2) is 56.1 Å². The number of nitrogens with zero attached hydrogens (tertiary/aromatic N) is 1. The Bertz CT molecular complexity index is 373. The van der Waals surface area contributed by atoms with Crippen molar-refractivity contribution in [3.63, 3.8) is 0 Å². The molecule has 0 spiro atoms. The lowest BCUT2D eigenvalue weighted by atomic mass is 9.98. The molecule has 1 rings (SSSR count). The fourth-order valence-electron chi connectivity index (χ4n) is 2.35. The lowest BCUT2D eigenvalue weighted by Gasteiger charge is -2.30. The maximum Gasteiger partial charge on any atom is 0.321 e. The molecule has 1 aliphatic heterocycles. The number of carbonyl (C=O) groups is 3. The molecule has 1 heterocycles. The predicted octanol–water partition coefficient (Wildman–Crippen LogP) is 0.497. The van der Waals surface area contributed by atoms with E-state index in [4.69, 9.17) is 4.74 Å². The number of amides is 3. The van der Waals surface area contributed by atoms with E-state index in [0.29, 0.717) is 13.1 Å². The molecule has 1 saturated heterocycles. The van der Waals surface area contributed by atoms with Crippen molar-refractivity contribution < 1.29 is 19.1 Å². The summed E-state index contributed by atoms with van der Waals surface area (Å²) in [7, 11) is 1.37. The fraction of sp³-hybridized carbons (Fsp3) is 0.786. The number of nitrogens with one attached hydrogen (secondary N) is 2. The maximum atomic E-state index is 11.8. The molecule has 0 unspecified atom stereocenters. The van der Waals surface area contributed by atoms with Gasteiger partial charge in [0, 0.05) is 13.1 Å². The average molecular weight is 299 g/mol. The molecule has 0 saturated carbocycles. The molecule has 7 nitrogen and oxygen atoms in total. The van der Waals surface area contributed by atoms with Crippen molar-refractivity contribution in [2.45, 2.75) is 32.6 Å². The highest BCUT2D eigenvalue weighted by Crippen LogP contribution is 2.17. The summed E-state index contributed by atoms with van der Waals surface area (Å²) < 4.78 is 4.73. The number of methoxy groups -OCH3 is 1. The van der Waals surface area contributed by atoms with Gasteiger partial charge in [-0.1, -0.05) is 13.3 Å². The number of urea groups is 1. The van der Waals surface area contributed by atoms with Gasteiger partial charge in [-0.2, -0.15) is 0 Å². The van der Waals surface area contributed by atoms with Crippen molar-refractivity contribution >= 4 is 17.9 Å². The molecule has 2 N–H and O–H groups in total. The Hall–Kier alpha value is -1.63. The Labute approximate surface area is 125 Å². The van der Waals surface area contributed by atoms with E-state index in [-0.39, 0.29) is 24.3 Å². The molecule has 1 atom stereocenters. The number of rotatable bonds is 6. The molecule has 1 fully saturated rings. The van der Waals surface area contributed by atoms with Gasteiger partial charge in [0.25, 0.3) is 0 Å². The van der Waals surface area contributed by atoms with E-state index in [1.807, 2.05) is 11.8 Å². The van der Waals surface area contributed by atoms with Gasteiger partial charge in [0.15, 0.2) is 0 Å². The molecular formula is C14H25N3O4. The monoisotopic (exact) mass is 299 g/mol. The number of likely N-dealkylation sites (tertiary alicyclic amines) is 1. The van der Waals surface area contributed by atoms with Crippen LogP contribution < -0.4 is 10.6 Å². The second-order valence-electron chi connectivity index (χ2n) is 5.26. The van der Waals surface area contributed by atoms with Gasteiger partial charge in [-0.3, -0.25) is 19.8 Å². The van der Waals surface area contributed by atoms with Gasteiger partial charge in [0.1, 0.15) is 0 Å². The molecule has 0 aromatic carbocycles. The number of imide groups is 1. The quantitative estimate of drug-likeness (QED) is 0.551. The Morgan fingerprint density at radius 2 is 2.10 bits per heavy atom. The van der Waals surface area contributed by atoms with Gasteiger partial charge in [-0.25, -0.2) is 4.79 Å².